The van der Waals surface area contributed by atoms with E-state index in [0.29, 0.717) is 6.54 Å². The summed E-state index contributed by atoms with van der Waals surface area (Å²) in [4.78, 5) is 13.8. The van der Waals surface area contributed by atoms with Crippen LogP contribution in [0, 0.1) is 0 Å². The Balaban J connectivity index is 0.00000289. The fourth-order valence-electron chi connectivity index (χ4n) is 1.56. The third-order valence-corrected chi connectivity index (χ3v) is 2.64. The molecule has 0 fully saturated rings. The van der Waals surface area contributed by atoms with Crippen molar-refractivity contribution >= 4 is 24.1 Å². The number of likely N-dealkylation sites (N-methyl/N-ethyl adjacent to an activating group) is 1. The van der Waals surface area contributed by atoms with Gasteiger partial charge >= 0.3 is 6.03 Å². The zero-order chi connectivity index (χ0) is 12.5. The minimum atomic E-state index is -0.150. The van der Waals surface area contributed by atoms with Crippen LogP contribution in [0.25, 0.3) is 0 Å². The van der Waals surface area contributed by atoms with Gasteiger partial charge in [0.15, 0.2) is 0 Å². The van der Waals surface area contributed by atoms with E-state index >= 15 is 0 Å². The highest BCUT2D eigenvalue weighted by Gasteiger charge is 2.02. The van der Waals surface area contributed by atoms with Crippen molar-refractivity contribution in [2.24, 2.45) is 0 Å². The summed E-state index contributed by atoms with van der Waals surface area (Å²) in [5, 5.41) is 5.62. The van der Waals surface area contributed by atoms with Gasteiger partial charge in [-0.05, 0) is 25.2 Å². The molecule has 1 aromatic rings. The quantitative estimate of drug-likeness (QED) is 0.835. The van der Waals surface area contributed by atoms with Gasteiger partial charge in [-0.15, -0.1) is 12.4 Å². The van der Waals surface area contributed by atoms with Crippen molar-refractivity contribution in [2.75, 3.05) is 31.5 Å². The molecular formula is C13H22ClN3O. The Morgan fingerprint density at radius 1 is 1.17 bits per heavy atom. The summed E-state index contributed by atoms with van der Waals surface area (Å²) in [6.07, 6.45) is 0. The number of halogens is 1. The van der Waals surface area contributed by atoms with Gasteiger partial charge in [-0.25, -0.2) is 4.79 Å². The zero-order valence-electron chi connectivity index (χ0n) is 11.0. The lowest BCUT2D eigenvalue weighted by Gasteiger charge is -2.18. The van der Waals surface area contributed by atoms with Gasteiger partial charge in [-0.2, -0.15) is 0 Å². The molecule has 1 rings (SSSR count). The number of hydrogen-bond acceptors (Lipinski definition) is 2. The number of para-hydroxylation sites is 1. The van der Waals surface area contributed by atoms with Crippen molar-refractivity contribution in [3.8, 4) is 0 Å². The Labute approximate surface area is 115 Å². The highest BCUT2D eigenvalue weighted by Crippen LogP contribution is 2.03. The van der Waals surface area contributed by atoms with Crippen LogP contribution in [0.1, 0.15) is 13.8 Å². The van der Waals surface area contributed by atoms with Crippen molar-refractivity contribution in [1.82, 2.24) is 10.2 Å². The maximum absolute atomic E-state index is 11.5. The first-order valence-electron chi connectivity index (χ1n) is 6.08. The Kier molecular flexibility index (Phi) is 9.06. The summed E-state index contributed by atoms with van der Waals surface area (Å²) in [6, 6.07) is 9.29. The molecule has 0 aliphatic heterocycles. The van der Waals surface area contributed by atoms with Crippen LogP contribution in [0.2, 0.25) is 0 Å². The first kappa shape index (κ1) is 16.7. The molecule has 0 aliphatic rings. The number of nitrogens with one attached hydrogen (secondary N) is 2. The number of nitrogens with zero attached hydrogens (tertiary/aromatic N) is 1. The monoisotopic (exact) mass is 271 g/mol. The first-order valence-corrected chi connectivity index (χ1v) is 6.08. The number of carbonyl (C=O) groups excluding carboxylic acids is 1. The highest BCUT2D eigenvalue weighted by atomic mass is 35.5. The molecule has 102 valence electrons. The fraction of sp³-hybridized carbons (Fsp3) is 0.462. The van der Waals surface area contributed by atoms with Gasteiger partial charge in [-0.1, -0.05) is 32.0 Å². The van der Waals surface area contributed by atoms with Crippen LogP contribution in [0.5, 0.6) is 0 Å². The molecule has 0 aromatic heterocycles. The van der Waals surface area contributed by atoms with Gasteiger partial charge in [0.2, 0.25) is 0 Å². The van der Waals surface area contributed by atoms with Crippen LogP contribution >= 0.6 is 12.4 Å². The predicted octanol–water partition coefficient (Wildman–Crippen LogP) is 2.57. The molecular weight excluding hydrogens is 250 g/mol. The van der Waals surface area contributed by atoms with E-state index in [1.54, 1.807) is 0 Å². The average molecular weight is 272 g/mol. The summed E-state index contributed by atoms with van der Waals surface area (Å²) in [5.41, 5.74) is 0.813. The van der Waals surface area contributed by atoms with Crippen LogP contribution in [0.3, 0.4) is 0 Å². The summed E-state index contributed by atoms with van der Waals surface area (Å²) in [6.45, 7) is 7.81. The number of carbonyl (C=O) groups is 1. The number of hydrogen-bond donors (Lipinski definition) is 2. The largest absolute Gasteiger partial charge is 0.337 e. The number of urea groups is 1. The molecule has 0 unspecified atom stereocenters. The Bertz CT molecular complexity index is 328. The molecule has 0 radical (unpaired) electrons. The van der Waals surface area contributed by atoms with Crippen LogP contribution in [-0.4, -0.2) is 37.1 Å². The molecule has 0 spiro atoms. The van der Waals surface area contributed by atoms with E-state index in [0.717, 1.165) is 25.3 Å². The molecule has 0 atom stereocenters. The van der Waals surface area contributed by atoms with Gasteiger partial charge in [0.1, 0.15) is 0 Å². The minimum absolute atomic E-state index is 0. The van der Waals surface area contributed by atoms with Crippen molar-refractivity contribution < 1.29 is 4.79 Å². The Hall–Kier alpha value is -1.26. The summed E-state index contributed by atoms with van der Waals surface area (Å²) < 4.78 is 0. The molecule has 2 amide bonds. The van der Waals surface area contributed by atoms with Crippen molar-refractivity contribution in [2.45, 2.75) is 13.8 Å². The maximum atomic E-state index is 11.5. The molecule has 0 aliphatic carbocycles. The van der Waals surface area contributed by atoms with Gasteiger partial charge in [0.25, 0.3) is 0 Å². The first-order chi connectivity index (χ1) is 8.26. The van der Waals surface area contributed by atoms with E-state index in [9.17, 15) is 4.79 Å². The van der Waals surface area contributed by atoms with Crippen molar-refractivity contribution in [3.05, 3.63) is 30.3 Å². The maximum Gasteiger partial charge on any atom is 0.319 e. The third-order valence-electron chi connectivity index (χ3n) is 2.64. The van der Waals surface area contributed by atoms with Crippen LogP contribution in [-0.2, 0) is 0 Å². The molecule has 0 saturated heterocycles. The van der Waals surface area contributed by atoms with Gasteiger partial charge in [0, 0.05) is 18.8 Å². The van der Waals surface area contributed by atoms with Gasteiger partial charge < -0.3 is 15.5 Å². The number of amides is 2. The second-order valence-corrected chi connectivity index (χ2v) is 3.77. The Morgan fingerprint density at radius 3 is 2.33 bits per heavy atom. The van der Waals surface area contributed by atoms with Gasteiger partial charge in [0.05, 0.1) is 0 Å². The SMILES string of the molecule is CCN(CC)CCNC(=O)Nc1ccccc1.Cl. The normalized spacial score (nSPS) is 9.72. The second-order valence-electron chi connectivity index (χ2n) is 3.77. The highest BCUT2D eigenvalue weighted by molar-refractivity contribution is 5.89. The molecule has 0 saturated carbocycles. The lowest BCUT2D eigenvalue weighted by Crippen LogP contribution is -2.36. The van der Waals surface area contributed by atoms with E-state index in [1.165, 1.54) is 0 Å². The number of rotatable bonds is 6. The fourth-order valence-corrected chi connectivity index (χ4v) is 1.56. The van der Waals surface area contributed by atoms with Crippen molar-refractivity contribution in [1.29, 1.82) is 0 Å². The molecule has 5 heteroatoms. The van der Waals surface area contributed by atoms with Gasteiger partial charge in [-0.3, -0.25) is 0 Å². The molecule has 4 nitrogen and oxygen atoms in total. The Morgan fingerprint density at radius 2 is 1.78 bits per heavy atom. The summed E-state index contributed by atoms with van der Waals surface area (Å²) in [7, 11) is 0. The number of anilines is 1. The van der Waals surface area contributed by atoms with Crippen LogP contribution in [0.4, 0.5) is 10.5 Å². The molecule has 1 aromatic carbocycles. The lowest BCUT2D eigenvalue weighted by atomic mass is 10.3. The average Bonchev–Trinajstić information content (AvgIpc) is 2.36. The molecule has 18 heavy (non-hydrogen) atoms. The lowest BCUT2D eigenvalue weighted by molar-refractivity contribution is 0.248. The van der Waals surface area contributed by atoms with E-state index in [2.05, 4.69) is 29.4 Å². The van der Waals surface area contributed by atoms with Crippen LogP contribution in [0.15, 0.2) is 30.3 Å². The summed E-state index contributed by atoms with van der Waals surface area (Å²) >= 11 is 0. The smallest absolute Gasteiger partial charge is 0.319 e. The molecule has 0 bridgehead atoms. The van der Waals surface area contributed by atoms with Crippen LogP contribution < -0.4 is 10.6 Å². The minimum Gasteiger partial charge on any atom is -0.337 e. The second kappa shape index (κ2) is 9.74. The topological polar surface area (TPSA) is 44.4 Å². The van der Waals surface area contributed by atoms with E-state index in [1.807, 2.05) is 30.3 Å². The zero-order valence-corrected chi connectivity index (χ0v) is 11.8. The van der Waals surface area contributed by atoms with E-state index in [4.69, 9.17) is 0 Å². The van der Waals surface area contributed by atoms with Crippen molar-refractivity contribution in [3.63, 3.8) is 0 Å². The molecule has 2 N–H and O–H groups in total. The number of benzene rings is 1. The third kappa shape index (κ3) is 6.47. The molecule has 0 heterocycles. The summed E-state index contributed by atoms with van der Waals surface area (Å²) in [5.74, 6) is 0. The van der Waals surface area contributed by atoms with E-state index < -0.39 is 0 Å². The standard InChI is InChI=1S/C13H21N3O.ClH/c1-3-16(4-2)11-10-14-13(17)15-12-8-6-5-7-9-12;/h5-9H,3-4,10-11H2,1-2H3,(H2,14,15,17);1H. The predicted molar refractivity (Wildman–Crippen MR) is 78.5 cm³/mol. The van der Waals surface area contributed by atoms with E-state index in [-0.39, 0.29) is 18.4 Å².